The molecule has 0 aromatic heterocycles. The van der Waals surface area contributed by atoms with Gasteiger partial charge in [0.1, 0.15) is 19.0 Å². The van der Waals surface area contributed by atoms with E-state index in [0.29, 0.717) is 6.42 Å². The van der Waals surface area contributed by atoms with Crippen LogP contribution in [0.3, 0.4) is 0 Å². The molecule has 0 aromatic rings. The fourth-order valence-electron chi connectivity index (χ4n) is 2.29. The van der Waals surface area contributed by atoms with Crippen LogP contribution < -0.4 is 5.73 Å². The van der Waals surface area contributed by atoms with Gasteiger partial charge in [-0.3, -0.25) is 0 Å². The molecular weight excluding hydrogens is 222 g/mol. The third-order valence-corrected chi connectivity index (χ3v) is 3.06. The average molecular weight is 239 g/mol. The van der Waals surface area contributed by atoms with Crippen LogP contribution in [0.25, 0.3) is 0 Å². The Labute approximate surface area is 99.8 Å². The lowest BCUT2D eigenvalue weighted by molar-refractivity contribution is -0.494. The summed E-state index contributed by atoms with van der Waals surface area (Å²) in [7, 11) is 1.91. The third kappa shape index (κ3) is 2.88. The van der Waals surface area contributed by atoms with Crippen LogP contribution in [0.4, 0.5) is 8.78 Å². The number of allylic oxidation sites excluding steroid dienone is 5. The van der Waals surface area contributed by atoms with E-state index < -0.39 is 17.9 Å². The molecule has 0 saturated heterocycles. The van der Waals surface area contributed by atoms with Crippen molar-refractivity contribution in [2.24, 2.45) is 11.7 Å². The molecule has 1 heterocycles. The van der Waals surface area contributed by atoms with Crippen molar-refractivity contribution in [2.75, 3.05) is 13.6 Å². The standard InChI is InChI=1S/C13H17F2N2/c1-17-7-9(5-10(16)8-17)6-11-12(14)3-2-4-13(11)15/h2-5,7,10-12H,6,8,16H2,1H3/q+1. The lowest BCUT2D eigenvalue weighted by Gasteiger charge is -2.21. The third-order valence-electron chi connectivity index (χ3n) is 3.06. The highest BCUT2D eigenvalue weighted by Crippen LogP contribution is 2.30. The molecule has 2 N–H and O–H groups in total. The Morgan fingerprint density at radius 2 is 2.29 bits per heavy atom. The molecule has 0 aromatic carbocycles. The topological polar surface area (TPSA) is 29.0 Å². The number of nitrogens with two attached hydrogens (primary N) is 1. The smallest absolute Gasteiger partial charge is 0.166 e. The SMILES string of the molecule is C[N+]1=CC(CC2C(F)=CC=CC2F)=CC(N)C1. The summed E-state index contributed by atoms with van der Waals surface area (Å²) in [5.41, 5.74) is 6.74. The second kappa shape index (κ2) is 4.92. The number of halogens is 2. The van der Waals surface area contributed by atoms with E-state index in [1.54, 1.807) is 0 Å². The van der Waals surface area contributed by atoms with E-state index in [9.17, 15) is 8.78 Å². The normalized spacial score (nSPS) is 32.9. The van der Waals surface area contributed by atoms with Crippen LogP contribution in [0.1, 0.15) is 6.42 Å². The van der Waals surface area contributed by atoms with Crippen molar-refractivity contribution in [1.29, 1.82) is 0 Å². The van der Waals surface area contributed by atoms with Gasteiger partial charge < -0.3 is 5.73 Å². The maximum absolute atomic E-state index is 13.6. The molecule has 4 heteroatoms. The first-order valence-corrected chi connectivity index (χ1v) is 5.75. The van der Waals surface area contributed by atoms with E-state index >= 15 is 0 Å². The van der Waals surface area contributed by atoms with E-state index in [-0.39, 0.29) is 6.04 Å². The number of nitrogens with zero attached hydrogens (tertiary/aromatic N) is 1. The Hall–Kier alpha value is -1.29. The van der Waals surface area contributed by atoms with Crippen LogP contribution in [-0.4, -0.2) is 36.6 Å². The molecule has 0 bridgehead atoms. The molecular formula is C13H17F2N2+. The van der Waals surface area contributed by atoms with Crippen LogP contribution in [0.5, 0.6) is 0 Å². The largest absolute Gasteiger partial charge is 0.319 e. The Kier molecular flexibility index (Phi) is 3.52. The summed E-state index contributed by atoms with van der Waals surface area (Å²) >= 11 is 0. The Morgan fingerprint density at radius 3 is 2.94 bits per heavy atom. The molecule has 1 aliphatic heterocycles. The lowest BCUT2D eigenvalue weighted by atomic mass is 9.89. The van der Waals surface area contributed by atoms with Crippen molar-refractivity contribution in [2.45, 2.75) is 18.6 Å². The Morgan fingerprint density at radius 1 is 1.53 bits per heavy atom. The van der Waals surface area contributed by atoms with Gasteiger partial charge >= 0.3 is 0 Å². The second-order valence-corrected chi connectivity index (χ2v) is 4.67. The second-order valence-electron chi connectivity index (χ2n) is 4.67. The van der Waals surface area contributed by atoms with Gasteiger partial charge in [0.2, 0.25) is 0 Å². The summed E-state index contributed by atoms with van der Waals surface area (Å²) in [6, 6.07) is -0.0655. The number of alkyl halides is 1. The first-order valence-electron chi connectivity index (χ1n) is 5.75. The molecule has 2 aliphatic rings. The van der Waals surface area contributed by atoms with Crippen molar-refractivity contribution in [3.63, 3.8) is 0 Å². The monoisotopic (exact) mass is 239 g/mol. The summed E-state index contributed by atoms with van der Waals surface area (Å²) in [5.74, 6) is -1.10. The maximum Gasteiger partial charge on any atom is 0.166 e. The van der Waals surface area contributed by atoms with Gasteiger partial charge in [0.05, 0.1) is 6.04 Å². The zero-order valence-corrected chi connectivity index (χ0v) is 9.81. The molecule has 2 nitrogen and oxygen atoms in total. The fraction of sp³-hybridized carbons (Fsp3) is 0.462. The number of rotatable bonds is 2. The molecule has 0 saturated carbocycles. The van der Waals surface area contributed by atoms with E-state index in [0.717, 1.165) is 12.1 Å². The molecule has 0 fully saturated rings. The predicted octanol–water partition coefficient (Wildman–Crippen LogP) is 1.73. The van der Waals surface area contributed by atoms with Crippen LogP contribution in [0, 0.1) is 5.92 Å². The molecule has 2 rings (SSSR count). The van der Waals surface area contributed by atoms with Crippen molar-refractivity contribution >= 4 is 6.21 Å². The molecule has 92 valence electrons. The summed E-state index contributed by atoms with van der Waals surface area (Å²) in [4.78, 5) is 0. The lowest BCUT2D eigenvalue weighted by Crippen LogP contribution is -2.34. The van der Waals surface area contributed by atoms with Crippen LogP contribution in [-0.2, 0) is 0 Å². The molecule has 17 heavy (non-hydrogen) atoms. The van der Waals surface area contributed by atoms with E-state index in [1.807, 2.05) is 23.9 Å². The Balaban J connectivity index is 2.11. The van der Waals surface area contributed by atoms with E-state index in [2.05, 4.69) is 0 Å². The minimum Gasteiger partial charge on any atom is -0.319 e. The molecule has 0 radical (unpaired) electrons. The molecule has 3 atom stereocenters. The Bertz CT molecular complexity index is 421. The summed E-state index contributed by atoms with van der Waals surface area (Å²) in [6.07, 6.45) is 7.03. The van der Waals surface area contributed by atoms with Gasteiger partial charge in [0.25, 0.3) is 0 Å². The quantitative estimate of drug-likeness (QED) is 0.731. The number of likely N-dealkylation sites (N-methyl/N-ethyl adjacent to an activating group) is 1. The van der Waals surface area contributed by atoms with Gasteiger partial charge in [-0.1, -0.05) is 12.2 Å². The first-order chi connectivity index (χ1) is 8.06. The van der Waals surface area contributed by atoms with Gasteiger partial charge in [-0.2, -0.15) is 0 Å². The van der Waals surface area contributed by atoms with Crippen LogP contribution in [0.15, 0.2) is 35.7 Å². The van der Waals surface area contributed by atoms with Gasteiger partial charge in [-0.15, -0.1) is 0 Å². The van der Waals surface area contributed by atoms with Crippen molar-refractivity contribution < 1.29 is 13.4 Å². The minimum absolute atomic E-state index is 0.0655. The highest BCUT2D eigenvalue weighted by atomic mass is 19.1. The van der Waals surface area contributed by atoms with Gasteiger partial charge in [0.15, 0.2) is 12.8 Å². The highest BCUT2D eigenvalue weighted by molar-refractivity contribution is 5.75. The van der Waals surface area contributed by atoms with Crippen LogP contribution >= 0.6 is 0 Å². The van der Waals surface area contributed by atoms with Crippen molar-refractivity contribution in [1.82, 2.24) is 0 Å². The van der Waals surface area contributed by atoms with Crippen molar-refractivity contribution in [3.8, 4) is 0 Å². The summed E-state index contributed by atoms with van der Waals surface area (Å²) in [6.45, 7) is 0.742. The summed E-state index contributed by atoms with van der Waals surface area (Å²) < 4.78 is 29.1. The molecule has 0 amide bonds. The molecule has 0 spiro atoms. The number of hydrogen-bond donors (Lipinski definition) is 1. The maximum atomic E-state index is 13.6. The van der Waals surface area contributed by atoms with Crippen LogP contribution in [0.2, 0.25) is 0 Å². The van der Waals surface area contributed by atoms with E-state index in [4.69, 9.17) is 5.73 Å². The van der Waals surface area contributed by atoms with Crippen molar-refractivity contribution in [3.05, 3.63) is 35.7 Å². The zero-order valence-electron chi connectivity index (χ0n) is 9.81. The molecule has 1 aliphatic carbocycles. The number of hydrogen-bond acceptors (Lipinski definition) is 1. The predicted molar refractivity (Wildman–Crippen MR) is 64.5 cm³/mol. The zero-order chi connectivity index (χ0) is 12.4. The summed E-state index contributed by atoms with van der Waals surface area (Å²) in [5, 5.41) is 0. The highest BCUT2D eigenvalue weighted by Gasteiger charge is 2.28. The fourth-order valence-corrected chi connectivity index (χ4v) is 2.29. The first kappa shape index (κ1) is 12.2. The van der Waals surface area contributed by atoms with Gasteiger partial charge in [0, 0.05) is 11.5 Å². The van der Waals surface area contributed by atoms with Gasteiger partial charge in [-0.05, 0) is 18.6 Å². The van der Waals surface area contributed by atoms with E-state index in [1.165, 1.54) is 18.2 Å². The average Bonchev–Trinajstić information content (AvgIpc) is 2.22. The molecule has 3 unspecified atom stereocenters. The van der Waals surface area contributed by atoms with Gasteiger partial charge in [-0.25, -0.2) is 13.4 Å². The minimum atomic E-state index is -1.25.